The summed E-state index contributed by atoms with van der Waals surface area (Å²) < 4.78 is 0. The number of amides is 2. The molecule has 1 aliphatic carbocycles. The number of hydrogen-bond donors (Lipinski definition) is 4. The van der Waals surface area contributed by atoms with Gasteiger partial charge in [0.1, 0.15) is 0 Å². The molecule has 0 bridgehead atoms. The monoisotopic (exact) mass is 387 g/mol. The van der Waals surface area contributed by atoms with E-state index in [1.807, 2.05) is 45.9 Å². The van der Waals surface area contributed by atoms with Gasteiger partial charge in [0.15, 0.2) is 5.96 Å². The number of nitrogens with zero attached hydrogens (tertiary/aromatic N) is 1. The lowest BCUT2D eigenvalue weighted by Crippen LogP contribution is -2.41. The van der Waals surface area contributed by atoms with Gasteiger partial charge in [-0.1, -0.05) is 12.1 Å². The molecule has 2 rings (SSSR count). The van der Waals surface area contributed by atoms with E-state index in [1.54, 1.807) is 6.07 Å². The van der Waals surface area contributed by atoms with Crippen molar-refractivity contribution in [2.75, 3.05) is 19.6 Å². The van der Waals surface area contributed by atoms with Crippen LogP contribution in [-0.4, -0.2) is 42.9 Å². The molecule has 0 aliphatic heterocycles. The van der Waals surface area contributed by atoms with Crippen molar-refractivity contribution in [2.24, 2.45) is 10.9 Å². The maximum atomic E-state index is 12.3. The molecule has 0 atom stereocenters. The van der Waals surface area contributed by atoms with E-state index in [1.165, 1.54) is 0 Å². The van der Waals surface area contributed by atoms with E-state index in [4.69, 9.17) is 0 Å². The molecule has 4 N–H and O–H groups in total. The van der Waals surface area contributed by atoms with Gasteiger partial charge in [0.2, 0.25) is 5.91 Å². The molecular weight excluding hydrogens is 354 g/mol. The fraction of sp³-hybridized carbons (Fsp3) is 0.571. The first-order valence-corrected chi connectivity index (χ1v) is 10.00. The summed E-state index contributed by atoms with van der Waals surface area (Å²) in [4.78, 5) is 28.5. The maximum absolute atomic E-state index is 12.3. The van der Waals surface area contributed by atoms with Gasteiger partial charge in [-0.25, -0.2) is 4.99 Å². The molecule has 1 saturated carbocycles. The van der Waals surface area contributed by atoms with Crippen molar-refractivity contribution in [3.63, 3.8) is 0 Å². The standard InChI is InChI=1S/C21H33N5O2/c1-5-22-20(24-12-11-23-18(27)16-9-10-16)25-14-15-7-6-8-17(13-15)19(28)26-21(2,3)4/h6-8,13,16H,5,9-12,14H2,1-4H3,(H,23,27)(H,26,28)(H2,22,24,25). The molecule has 1 aromatic carbocycles. The molecule has 154 valence electrons. The SMILES string of the molecule is CCNC(=NCc1cccc(C(=O)NC(C)(C)C)c1)NCCNC(=O)C1CC1. The predicted octanol–water partition coefficient (Wildman–Crippen LogP) is 1.80. The topological polar surface area (TPSA) is 94.6 Å². The van der Waals surface area contributed by atoms with Crippen LogP contribution in [0.3, 0.4) is 0 Å². The summed E-state index contributed by atoms with van der Waals surface area (Å²) in [6.45, 7) is 10.3. The van der Waals surface area contributed by atoms with Crippen LogP contribution in [0.15, 0.2) is 29.3 Å². The quantitative estimate of drug-likeness (QED) is 0.311. The van der Waals surface area contributed by atoms with Gasteiger partial charge in [-0.3, -0.25) is 9.59 Å². The highest BCUT2D eigenvalue weighted by Gasteiger charge is 2.28. The number of carbonyl (C=O) groups excluding carboxylic acids is 2. The van der Waals surface area contributed by atoms with E-state index in [-0.39, 0.29) is 23.3 Å². The summed E-state index contributed by atoms with van der Waals surface area (Å²) in [5.74, 6) is 0.973. The second-order valence-electron chi connectivity index (χ2n) is 8.09. The molecule has 0 saturated heterocycles. The Hall–Kier alpha value is -2.57. The van der Waals surface area contributed by atoms with E-state index >= 15 is 0 Å². The Bertz CT molecular complexity index is 705. The molecule has 1 fully saturated rings. The lowest BCUT2D eigenvalue weighted by atomic mass is 10.1. The van der Waals surface area contributed by atoms with Crippen molar-refractivity contribution < 1.29 is 9.59 Å². The number of hydrogen-bond acceptors (Lipinski definition) is 3. The lowest BCUT2D eigenvalue weighted by molar-refractivity contribution is -0.122. The van der Waals surface area contributed by atoms with Crippen LogP contribution < -0.4 is 21.3 Å². The third kappa shape index (κ3) is 7.98. The molecule has 7 heteroatoms. The molecule has 28 heavy (non-hydrogen) atoms. The van der Waals surface area contributed by atoms with Crippen molar-refractivity contribution in [3.8, 4) is 0 Å². The Labute approximate surface area is 167 Å². The summed E-state index contributed by atoms with van der Waals surface area (Å²) in [6.07, 6.45) is 2.02. The maximum Gasteiger partial charge on any atom is 0.251 e. The molecular formula is C21H33N5O2. The normalized spacial score (nSPS) is 14.4. The number of guanidine groups is 1. The van der Waals surface area contributed by atoms with Crippen molar-refractivity contribution in [1.82, 2.24) is 21.3 Å². The zero-order valence-corrected chi connectivity index (χ0v) is 17.4. The van der Waals surface area contributed by atoms with Gasteiger partial charge in [0.05, 0.1) is 6.54 Å². The Morgan fingerprint density at radius 1 is 1.11 bits per heavy atom. The molecule has 1 aromatic rings. The van der Waals surface area contributed by atoms with Crippen molar-refractivity contribution in [3.05, 3.63) is 35.4 Å². The molecule has 0 spiro atoms. The first kappa shape index (κ1) is 21.7. The van der Waals surface area contributed by atoms with E-state index in [0.29, 0.717) is 31.2 Å². The Kier molecular flexibility index (Phi) is 7.84. The summed E-state index contributed by atoms with van der Waals surface area (Å²) >= 11 is 0. The minimum atomic E-state index is -0.275. The van der Waals surface area contributed by atoms with E-state index in [0.717, 1.165) is 24.9 Å². The second kappa shape index (κ2) is 10.1. The van der Waals surface area contributed by atoms with Gasteiger partial charge in [-0.2, -0.15) is 0 Å². The largest absolute Gasteiger partial charge is 0.357 e. The van der Waals surface area contributed by atoms with Crippen LogP contribution in [0.4, 0.5) is 0 Å². The number of aliphatic imine (C=N–C) groups is 1. The fourth-order valence-corrected chi connectivity index (χ4v) is 2.59. The summed E-state index contributed by atoms with van der Waals surface area (Å²) in [5, 5.41) is 12.3. The Balaban J connectivity index is 1.87. The van der Waals surface area contributed by atoms with Crippen LogP contribution in [0, 0.1) is 5.92 Å². The van der Waals surface area contributed by atoms with Crippen LogP contribution in [0.2, 0.25) is 0 Å². The first-order valence-electron chi connectivity index (χ1n) is 10.00. The van der Waals surface area contributed by atoms with Crippen LogP contribution in [-0.2, 0) is 11.3 Å². The van der Waals surface area contributed by atoms with Crippen LogP contribution in [0.5, 0.6) is 0 Å². The highest BCUT2D eigenvalue weighted by molar-refractivity contribution is 5.94. The second-order valence-corrected chi connectivity index (χ2v) is 8.09. The van der Waals surface area contributed by atoms with Crippen molar-refractivity contribution >= 4 is 17.8 Å². The Morgan fingerprint density at radius 2 is 1.82 bits per heavy atom. The van der Waals surface area contributed by atoms with Gasteiger partial charge in [-0.05, 0) is 58.2 Å². The van der Waals surface area contributed by atoms with Crippen LogP contribution >= 0.6 is 0 Å². The predicted molar refractivity (Wildman–Crippen MR) is 112 cm³/mol. The molecule has 1 aliphatic rings. The van der Waals surface area contributed by atoms with E-state index < -0.39 is 0 Å². The minimum Gasteiger partial charge on any atom is -0.357 e. The summed E-state index contributed by atoms with van der Waals surface area (Å²) in [7, 11) is 0. The van der Waals surface area contributed by atoms with Gasteiger partial charge < -0.3 is 21.3 Å². The molecule has 0 heterocycles. The number of benzene rings is 1. The van der Waals surface area contributed by atoms with Crippen molar-refractivity contribution in [1.29, 1.82) is 0 Å². The minimum absolute atomic E-state index is 0.0882. The molecule has 0 unspecified atom stereocenters. The zero-order valence-electron chi connectivity index (χ0n) is 17.4. The smallest absolute Gasteiger partial charge is 0.251 e. The third-order valence-corrected chi connectivity index (χ3v) is 4.11. The highest BCUT2D eigenvalue weighted by atomic mass is 16.2. The van der Waals surface area contributed by atoms with Crippen LogP contribution in [0.25, 0.3) is 0 Å². The van der Waals surface area contributed by atoms with E-state index in [2.05, 4.69) is 26.3 Å². The Morgan fingerprint density at radius 3 is 2.46 bits per heavy atom. The fourth-order valence-electron chi connectivity index (χ4n) is 2.59. The number of rotatable bonds is 8. The van der Waals surface area contributed by atoms with Crippen molar-refractivity contribution in [2.45, 2.75) is 52.6 Å². The van der Waals surface area contributed by atoms with Crippen LogP contribution in [0.1, 0.15) is 56.5 Å². The average molecular weight is 388 g/mol. The van der Waals surface area contributed by atoms with Gasteiger partial charge in [0.25, 0.3) is 5.91 Å². The summed E-state index contributed by atoms with van der Waals surface area (Å²) in [5.41, 5.74) is 1.31. The number of nitrogens with one attached hydrogen (secondary N) is 4. The van der Waals surface area contributed by atoms with Gasteiger partial charge >= 0.3 is 0 Å². The first-order chi connectivity index (χ1) is 13.3. The third-order valence-electron chi connectivity index (χ3n) is 4.11. The average Bonchev–Trinajstić information content (AvgIpc) is 3.47. The zero-order chi connectivity index (χ0) is 20.6. The molecule has 0 aromatic heterocycles. The lowest BCUT2D eigenvalue weighted by Gasteiger charge is -2.20. The molecule has 0 radical (unpaired) electrons. The van der Waals surface area contributed by atoms with Gasteiger partial charge in [-0.15, -0.1) is 0 Å². The summed E-state index contributed by atoms with van der Waals surface area (Å²) in [6, 6.07) is 7.50. The molecule has 2 amide bonds. The number of carbonyl (C=O) groups is 2. The van der Waals surface area contributed by atoms with Gasteiger partial charge in [0, 0.05) is 36.7 Å². The van der Waals surface area contributed by atoms with E-state index in [9.17, 15) is 9.59 Å². The molecule has 7 nitrogen and oxygen atoms in total. The highest BCUT2D eigenvalue weighted by Crippen LogP contribution is 2.28.